The molecular weight excluding hydrogens is 278 g/mol. The molecule has 2 unspecified atom stereocenters. The van der Waals surface area contributed by atoms with Crippen molar-refractivity contribution in [2.24, 2.45) is 5.92 Å². The van der Waals surface area contributed by atoms with Crippen LogP contribution in [0, 0.1) is 19.8 Å². The van der Waals surface area contributed by atoms with Gasteiger partial charge in [0.1, 0.15) is 0 Å². The summed E-state index contributed by atoms with van der Waals surface area (Å²) in [6, 6.07) is 6.70. The second-order valence-electron chi connectivity index (χ2n) is 5.87. The third kappa shape index (κ3) is 9.15. The molecule has 0 bridgehead atoms. The zero-order valence-corrected chi connectivity index (χ0v) is 17.4. The number of benzene rings is 1. The van der Waals surface area contributed by atoms with E-state index in [4.69, 9.17) is 0 Å². The van der Waals surface area contributed by atoms with Crippen LogP contribution in [-0.4, -0.2) is 13.1 Å². The Balaban J connectivity index is 0. The van der Waals surface area contributed by atoms with E-state index in [0.29, 0.717) is 5.92 Å². The molecule has 1 aromatic rings. The molecule has 1 aromatic carbocycles. The molecule has 1 heterocycles. The fraction of sp³-hybridized carbons (Fsp3) is 0.727. The molecule has 1 fully saturated rings. The van der Waals surface area contributed by atoms with Crippen molar-refractivity contribution < 1.29 is 0 Å². The summed E-state index contributed by atoms with van der Waals surface area (Å²) in [7, 11) is 0. The molecule has 0 radical (unpaired) electrons. The molecule has 136 valence electrons. The van der Waals surface area contributed by atoms with Gasteiger partial charge < -0.3 is 5.32 Å². The van der Waals surface area contributed by atoms with E-state index >= 15 is 0 Å². The Hall–Kier alpha value is -0.820. The molecule has 0 amide bonds. The molecule has 1 nitrogen and oxygen atoms in total. The number of unbranched alkanes of at least 4 members (excludes halogenated alkanes) is 1. The maximum absolute atomic E-state index is 3.51. The summed E-state index contributed by atoms with van der Waals surface area (Å²) in [4.78, 5) is 0. The van der Waals surface area contributed by atoms with Crippen LogP contribution in [0.3, 0.4) is 0 Å². The lowest BCUT2D eigenvalue weighted by atomic mass is 9.80. The lowest BCUT2D eigenvalue weighted by molar-refractivity contribution is 0.347. The predicted octanol–water partition coefficient (Wildman–Crippen LogP) is 6.88. The van der Waals surface area contributed by atoms with E-state index in [1.807, 2.05) is 27.7 Å². The van der Waals surface area contributed by atoms with E-state index in [1.54, 1.807) is 5.56 Å². The molecule has 1 aliphatic heterocycles. The Bertz CT molecular complexity index is 368. The first-order valence-electron chi connectivity index (χ1n) is 9.88. The van der Waals surface area contributed by atoms with E-state index in [9.17, 15) is 0 Å². The maximum Gasteiger partial charge on any atom is 0.00228 e. The standard InChI is InChI=1S/C14H21N.C4H10.2C2H6/c1-10-5-4-6-13(12(10)3)14-9-15-8-7-11(14)2;1-3-4-2;2*1-2/h4-6,11,14-15H,7-9H2,1-3H3;3-4H2,1-2H3;2*1-2H3. The van der Waals surface area contributed by atoms with Crippen molar-refractivity contribution in [3.8, 4) is 0 Å². The van der Waals surface area contributed by atoms with Crippen molar-refractivity contribution in [2.45, 2.75) is 87.5 Å². The summed E-state index contributed by atoms with van der Waals surface area (Å²) in [5.41, 5.74) is 4.46. The quantitative estimate of drug-likeness (QED) is 0.626. The topological polar surface area (TPSA) is 12.0 Å². The lowest BCUT2D eigenvalue weighted by Crippen LogP contribution is -2.34. The van der Waals surface area contributed by atoms with Crippen LogP contribution in [-0.2, 0) is 0 Å². The van der Waals surface area contributed by atoms with Gasteiger partial charge in [-0.05, 0) is 55.3 Å². The maximum atomic E-state index is 3.51. The van der Waals surface area contributed by atoms with Gasteiger partial charge in [0.15, 0.2) is 0 Å². The van der Waals surface area contributed by atoms with Gasteiger partial charge in [-0.3, -0.25) is 0 Å². The van der Waals surface area contributed by atoms with Gasteiger partial charge in [0.05, 0.1) is 0 Å². The number of piperidine rings is 1. The predicted molar refractivity (Wildman–Crippen MR) is 109 cm³/mol. The Morgan fingerprint density at radius 3 is 2.04 bits per heavy atom. The summed E-state index contributed by atoms with van der Waals surface area (Å²) >= 11 is 0. The monoisotopic (exact) mass is 321 g/mol. The summed E-state index contributed by atoms with van der Waals surface area (Å²) in [5.74, 6) is 1.52. The molecule has 0 aromatic heterocycles. The van der Waals surface area contributed by atoms with Gasteiger partial charge in [0.2, 0.25) is 0 Å². The molecule has 0 aliphatic carbocycles. The Morgan fingerprint density at radius 2 is 1.57 bits per heavy atom. The average molecular weight is 322 g/mol. The highest BCUT2D eigenvalue weighted by molar-refractivity contribution is 5.36. The van der Waals surface area contributed by atoms with Crippen LogP contribution in [0.5, 0.6) is 0 Å². The van der Waals surface area contributed by atoms with Gasteiger partial charge in [-0.25, -0.2) is 0 Å². The van der Waals surface area contributed by atoms with Crippen molar-refractivity contribution in [1.82, 2.24) is 5.32 Å². The molecule has 0 saturated carbocycles. The van der Waals surface area contributed by atoms with Crippen LogP contribution in [0.4, 0.5) is 0 Å². The fourth-order valence-electron chi connectivity index (χ4n) is 2.58. The highest BCUT2D eigenvalue weighted by Gasteiger charge is 2.23. The van der Waals surface area contributed by atoms with Crippen molar-refractivity contribution in [3.05, 3.63) is 34.9 Å². The Labute approximate surface area is 147 Å². The van der Waals surface area contributed by atoms with Crippen LogP contribution in [0.25, 0.3) is 0 Å². The van der Waals surface area contributed by atoms with E-state index < -0.39 is 0 Å². The Kier molecular flexibility index (Phi) is 17.1. The number of rotatable bonds is 2. The molecule has 1 saturated heterocycles. The molecule has 0 spiro atoms. The first-order chi connectivity index (χ1) is 11.1. The van der Waals surface area contributed by atoms with Crippen LogP contribution in [0.15, 0.2) is 18.2 Å². The van der Waals surface area contributed by atoms with Crippen LogP contribution in [0.2, 0.25) is 0 Å². The minimum absolute atomic E-state index is 0.707. The van der Waals surface area contributed by atoms with E-state index in [0.717, 1.165) is 12.5 Å². The van der Waals surface area contributed by atoms with Crippen molar-refractivity contribution in [2.75, 3.05) is 13.1 Å². The second-order valence-corrected chi connectivity index (χ2v) is 5.87. The second kappa shape index (κ2) is 16.1. The molecular formula is C22H43N. The zero-order chi connectivity index (χ0) is 18.3. The van der Waals surface area contributed by atoms with Gasteiger partial charge >= 0.3 is 0 Å². The van der Waals surface area contributed by atoms with E-state index in [-0.39, 0.29) is 0 Å². The molecule has 2 atom stereocenters. The summed E-state index contributed by atoms with van der Waals surface area (Å²) < 4.78 is 0. The lowest BCUT2D eigenvalue weighted by Gasteiger charge is -2.31. The smallest absolute Gasteiger partial charge is 0.00228 e. The molecule has 2 rings (SSSR count). The fourth-order valence-corrected chi connectivity index (χ4v) is 2.58. The molecule has 1 N–H and O–H groups in total. The highest BCUT2D eigenvalue weighted by Crippen LogP contribution is 2.31. The number of aryl methyl sites for hydroxylation is 1. The van der Waals surface area contributed by atoms with Gasteiger partial charge in [0, 0.05) is 6.54 Å². The van der Waals surface area contributed by atoms with Crippen molar-refractivity contribution >= 4 is 0 Å². The summed E-state index contributed by atoms with van der Waals surface area (Å²) in [6.07, 6.45) is 3.94. The van der Waals surface area contributed by atoms with E-state index in [1.165, 1.54) is 36.9 Å². The summed E-state index contributed by atoms with van der Waals surface area (Å²) in [6.45, 7) is 21.5. The summed E-state index contributed by atoms with van der Waals surface area (Å²) in [5, 5.41) is 3.51. The van der Waals surface area contributed by atoms with Crippen molar-refractivity contribution in [3.63, 3.8) is 0 Å². The van der Waals surface area contributed by atoms with Gasteiger partial charge in [0.25, 0.3) is 0 Å². The van der Waals surface area contributed by atoms with Gasteiger partial charge in [-0.1, -0.05) is 79.5 Å². The molecule has 1 aliphatic rings. The van der Waals surface area contributed by atoms with Gasteiger partial charge in [-0.15, -0.1) is 0 Å². The third-order valence-electron chi connectivity index (χ3n) is 4.37. The number of hydrogen-bond donors (Lipinski definition) is 1. The zero-order valence-electron chi connectivity index (χ0n) is 17.4. The van der Waals surface area contributed by atoms with E-state index in [2.05, 4.69) is 58.1 Å². The number of hydrogen-bond acceptors (Lipinski definition) is 1. The molecule has 23 heavy (non-hydrogen) atoms. The first kappa shape index (κ1) is 24.4. The Morgan fingerprint density at radius 1 is 1.00 bits per heavy atom. The largest absolute Gasteiger partial charge is 0.316 e. The third-order valence-corrected chi connectivity index (χ3v) is 4.37. The van der Waals surface area contributed by atoms with Crippen LogP contribution in [0.1, 0.15) is 90.3 Å². The minimum atomic E-state index is 0.707. The molecule has 1 heteroatoms. The van der Waals surface area contributed by atoms with Crippen LogP contribution < -0.4 is 5.32 Å². The first-order valence-corrected chi connectivity index (χ1v) is 9.88. The van der Waals surface area contributed by atoms with Crippen LogP contribution >= 0.6 is 0 Å². The number of nitrogens with one attached hydrogen (secondary N) is 1. The minimum Gasteiger partial charge on any atom is -0.316 e. The normalized spacial score (nSPS) is 19.2. The SMILES string of the molecule is CC.CC.CCCC.Cc1cccc(C2CNCCC2C)c1C. The average Bonchev–Trinajstić information content (AvgIpc) is 2.62. The van der Waals surface area contributed by atoms with Crippen molar-refractivity contribution in [1.29, 1.82) is 0 Å². The van der Waals surface area contributed by atoms with Gasteiger partial charge in [-0.2, -0.15) is 0 Å². The highest BCUT2D eigenvalue weighted by atomic mass is 14.9.